The van der Waals surface area contributed by atoms with Gasteiger partial charge < -0.3 is 19.9 Å². The van der Waals surface area contributed by atoms with Gasteiger partial charge in [0.25, 0.3) is 11.6 Å². The molecule has 2 aliphatic rings. The molecule has 1 fully saturated rings. The Bertz CT molecular complexity index is 763. The van der Waals surface area contributed by atoms with Crippen LogP contribution in [0.4, 0.5) is 11.4 Å². The van der Waals surface area contributed by atoms with Crippen molar-refractivity contribution in [3.63, 3.8) is 0 Å². The number of benzene rings is 1. The molecule has 29 heavy (non-hydrogen) atoms. The molecule has 0 aliphatic carbocycles. The standard InChI is InChI=1S/C19H27N5O5/c1-2-21-8-10-22(11-9-21)7-3-6-20-18(25)13-23-16-12-15(24(27)28)4-5-17(16)29-14-19(23)26/h4-5,12H,2-3,6-11,13-14H2,1H3,(H,20,25). The molecule has 0 unspecified atom stereocenters. The molecule has 2 heterocycles. The zero-order valence-corrected chi connectivity index (χ0v) is 16.6. The van der Waals surface area contributed by atoms with Crippen molar-refractivity contribution < 1.29 is 19.2 Å². The second kappa shape index (κ2) is 9.66. The lowest BCUT2D eigenvalue weighted by atomic mass is 10.2. The van der Waals surface area contributed by atoms with E-state index in [0.717, 1.165) is 45.7 Å². The number of fused-ring (bicyclic) bond motifs is 1. The average molecular weight is 405 g/mol. The van der Waals surface area contributed by atoms with Crippen LogP contribution in [0.25, 0.3) is 0 Å². The average Bonchev–Trinajstić information content (AvgIpc) is 2.73. The van der Waals surface area contributed by atoms with Crippen LogP contribution >= 0.6 is 0 Å². The summed E-state index contributed by atoms with van der Waals surface area (Å²) < 4.78 is 5.31. The fourth-order valence-electron chi connectivity index (χ4n) is 3.54. The molecule has 10 heteroatoms. The maximum atomic E-state index is 12.3. The summed E-state index contributed by atoms with van der Waals surface area (Å²) in [6, 6.07) is 4.02. The van der Waals surface area contributed by atoms with E-state index >= 15 is 0 Å². The van der Waals surface area contributed by atoms with Gasteiger partial charge in [-0.1, -0.05) is 6.92 Å². The smallest absolute Gasteiger partial charge is 0.271 e. The van der Waals surface area contributed by atoms with E-state index in [0.29, 0.717) is 12.3 Å². The molecule has 2 amide bonds. The van der Waals surface area contributed by atoms with Crippen molar-refractivity contribution in [3.05, 3.63) is 28.3 Å². The molecule has 2 aliphatic heterocycles. The molecule has 0 atom stereocenters. The molecule has 0 spiro atoms. The van der Waals surface area contributed by atoms with Gasteiger partial charge in [-0.15, -0.1) is 0 Å². The minimum absolute atomic E-state index is 0.157. The Labute approximate surface area is 169 Å². The first kappa shape index (κ1) is 21.0. The second-order valence-electron chi connectivity index (χ2n) is 7.16. The molecule has 1 N–H and O–H groups in total. The minimum Gasteiger partial charge on any atom is -0.482 e. The highest BCUT2D eigenvalue weighted by molar-refractivity contribution is 6.02. The molecule has 0 aromatic heterocycles. The van der Waals surface area contributed by atoms with Crippen LogP contribution in [-0.4, -0.2) is 85.5 Å². The van der Waals surface area contributed by atoms with Crippen molar-refractivity contribution in [2.45, 2.75) is 13.3 Å². The van der Waals surface area contributed by atoms with Gasteiger partial charge in [-0.3, -0.25) is 24.6 Å². The number of anilines is 1. The Morgan fingerprint density at radius 2 is 1.97 bits per heavy atom. The number of carbonyl (C=O) groups is 2. The van der Waals surface area contributed by atoms with Gasteiger partial charge in [0.2, 0.25) is 5.91 Å². The lowest BCUT2D eigenvalue weighted by Crippen LogP contribution is -2.47. The van der Waals surface area contributed by atoms with E-state index in [9.17, 15) is 19.7 Å². The first-order valence-electron chi connectivity index (χ1n) is 9.91. The monoisotopic (exact) mass is 405 g/mol. The number of non-ortho nitro benzene ring substituents is 1. The topological polar surface area (TPSA) is 108 Å². The highest BCUT2D eigenvalue weighted by Gasteiger charge is 2.29. The highest BCUT2D eigenvalue weighted by atomic mass is 16.6. The minimum atomic E-state index is -0.544. The summed E-state index contributed by atoms with van der Waals surface area (Å²) in [5.74, 6) is -0.343. The maximum absolute atomic E-state index is 12.3. The number of rotatable bonds is 8. The van der Waals surface area contributed by atoms with Gasteiger partial charge in [-0.05, 0) is 25.6 Å². The van der Waals surface area contributed by atoms with Crippen molar-refractivity contribution in [1.29, 1.82) is 0 Å². The summed E-state index contributed by atoms with van der Waals surface area (Å²) >= 11 is 0. The van der Waals surface area contributed by atoms with Crippen molar-refractivity contribution in [3.8, 4) is 5.75 Å². The maximum Gasteiger partial charge on any atom is 0.271 e. The summed E-state index contributed by atoms with van der Waals surface area (Å²) in [5, 5.41) is 13.8. The second-order valence-corrected chi connectivity index (χ2v) is 7.16. The Morgan fingerprint density at radius 3 is 2.66 bits per heavy atom. The van der Waals surface area contributed by atoms with E-state index in [1.165, 1.54) is 23.1 Å². The quantitative estimate of drug-likeness (QED) is 0.380. The molecule has 10 nitrogen and oxygen atoms in total. The number of nitro benzene ring substituents is 1. The van der Waals surface area contributed by atoms with E-state index in [1.54, 1.807) is 0 Å². The van der Waals surface area contributed by atoms with E-state index < -0.39 is 10.8 Å². The van der Waals surface area contributed by atoms with E-state index in [-0.39, 0.29) is 30.4 Å². The largest absolute Gasteiger partial charge is 0.482 e. The molecule has 0 bridgehead atoms. The summed E-state index contributed by atoms with van der Waals surface area (Å²) in [6.45, 7) is 8.54. The van der Waals surface area contributed by atoms with Crippen molar-refractivity contribution in [2.24, 2.45) is 0 Å². The molecule has 1 saturated heterocycles. The summed E-state index contributed by atoms with van der Waals surface area (Å²) in [7, 11) is 0. The van der Waals surface area contributed by atoms with Crippen LogP contribution in [0.15, 0.2) is 18.2 Å². The zero-order chi connectivity index (χ0) is 20.8. The SMILES string of the molecule is CCN1CCN(CCCNC(=O)CN2C(=O)COc3ccc([N+](=O)[O-])cc32)CC1. The molecule has 3 rings (SSSR count). The third-order valence-electron chi connectivity index (χ3n) is 5.28. The van der Waals surface area contributed by atoms with Gasteiger partial charge in [0.15, 0.2) is 6.61 Å². The number of amides is 2. The predicted molar refractivity (Wildman–Crippen MR) is 107 cm³/mol. The molecule has 0 radical (unpaired) electrons. The number of piperazine rings is 1. The van der Waals surface area contributed by atoms with Crippen LogP contribution in [0.1, 0.15) is 13.3 Å². The van der Waals surface area contributed by atoms with Gasteiger partial charge in [-0.25, -0.2) is 0 Å². The zero-order valence-electron chi connectivity index (χ0n) is 16.6. The van der Waals surface area contributed by atoms with Crippen molar-refractivity contribution in [2.75, 3.05) is 63.9 Å². The number of carbonyl (C=O) groups excluding carboxylic acids is 2. The summed E-state index contributed by atoms with van der Waals surface area (Å²) in [4.78, 5) is 41.0. The Kier molecular flexibility index (Phi) is 6.99. The van der Waals surface area contributed by atoms with Gasteiger partial charge >= 0.3 is 0 Å². The number of nitro groups is 1. The van der Waals surface area contributed by atoms with Gasteiger partial charge in [0.1, 0.15) is 12.3 Å². The van der Waals surface area contributed by atoms with E-state index in [4.69, 9.17) is 4.74 Å². The number of ether oxygens (including phenoxy) is 1. The predicted octanol–water partition coefficient (Wildman–Crippen LogP) is 0.464. The summed E-state index contributed by atoms with van der Waals surface area (Å²) in [6.07, 6.45) is 0.830. The van der Waals surface area contributed by atoms with Crippen LogP contribution in [0, 0.1) is 10.1 Å². The third kappa shape index (κ3) is 5.42. The highest BCUT2D eigenvalue weighted by Crippen LogP contribution is 2.35. The molecular weight excluding hydrogens is 378 g/mol. The van der Waals surface area contributed by atoms with E-state index in [1.807, 2.05) is 0 Å². The Balaban J connectivity index is 1.47. The van der Waals surface area contributed by atoms with Gasteiger partial charge in [-0.2, -0.15) is 0 Å². The fraction of sp³-hybridized carbons (Fsp3) is 0.579. The molecule has 1 aromatic carbocycles. The number of nitrogens with one attached hydrogen (secondary N) is 1. The first-order chi connectivity index (χ1) is 14.0. The van der Waals surface area contributed by atoms with Crippen molar-refractivity contribution >= 4 is 23.2 Å². The van der Waals surface area contributed by atoms with E-state index in [2.05, 4.69) is 22.0 Å². The van der Waals surface area contributed by atoms with Gasteiger partial charge in [0, 0.05) is 44.9 Å². The van der Waals surface area contributed by atoms with Crippen LogP contribution in [-0.2, 0) is 9.59 Å². The molecule has 1 aromatic rings. The lowest BCUT2D eigenvalue weighted by Gasteiger charge is -2.34. The van der Waals surface area contributed by atoms with Crippen LogP contribution in [0.2, 0.25) is 0 Å². The number of likely N-dealkylation sites (N-methyl/N-ethyl adjacent to an activating group) is 1. The van der Waals surface area contributed by atoms with Crippen LogP contribution in [0.3, 0.4) is 0 Å². The van der Waals surface area contributed by atoms with Crippen LogP contribution in [0.5, 0.6) is 5.75 Å². The lowest BCUT2D eigenvalue weighted by molar-refractivity contribution is -0.384. The normalized spacial score (nSPS) is 17.6. The molecule has 0 saturated carbocycles. The van der Waals surface area contributed by atoms with Crippen molar-refractivity contribution in [1.82, 2.24) is 15.1 Å². The fourth-order valence-corrected chi connectivity index (χ4v) is 3.54. The first-order valence-corrected chi connectivity index (χ1v) is 9.91. The molecular formula is C19H27N5O5. The molecule has 158 valence electrons. The summed E-state index contributed by atoms with van der Waals surface area (Å²) in [5.41, 5.74) is 0.0926. The van der Waals surface area contributed by atoms with Gasteiger partial charge in [0.05, 0.1) is 10.6 Å². The van der Waals surface area contributed by atoms with Crippen LogP contribution < -0.4 is 15.0 Å². The Hall–Kier alpha value is -2.72. The third-order valence-corrected chi connectivity index (χ3v) is 5.28. The Morgan fingerprint density at radius 1 is 1.24 bits per heavy atom. The number of hydrogen-bond acceptors (Lipinski definition) is 7. The number of hydrogen-bond donors (Lipinski definition) is 1. The number of nitrogens with zero attached hydrogens (tertiary/aromatic N) is 4.